The molecule has 2 aliphatic rings. The van der Waals surface area contributed by atoms with Crippen LogP contribution in [0.3, 0.4) is 0 Å². The molecular formula is C21H34N4S. The highest BCUT2D eigenvalue weighted by Gasteiger charge is 2.40. The molecule has 2 N–H and O–H groups in total. The Kier molecular flexibility index (Phi) is 6.51. The van der Waals surface area contributed by atoms with Gasteiger partial charge in [-0.1, -0.05) is 30.3 Å². The van der Waals surface area contributed by atoms with E-state index in [2.05, 4.69) is 71.0 Å². The number of hydrogen-bond donors (Lipinski definition) is 2. The van der Waals surface area contributed by atoms with E-state index in [1.807, 2.05) is 18.8 Å². The normalized spacial score (nSPS) is 26.8. The third-order valence-corrected chi connectivity index (χ3v) is 7.14. The lowest BCUT2D eigenvalue weighted by molar-refractivity contribution is 0.114. The minimum absolute atomic E-state index is 0.218. The lowest BCUT2D eigenvalue weighted by Crippen LogP contribution is -2.53. The first-order valence-electron chi connectivity index (χ1n) is 9.83. The molecule has 1 aromatic rings. The highest BCUT2D eigenvalue weighted by molar-refractivity contribution is 7.99. The Balaban J connectivity index is 1.53. The maximum absolute atomic E-state index is 4.45. The highest BCUT2D eigenvalue weighted by Crippen LogP contribution is 2.36. The largest absolute Gasteiger partial charge is 0.355 e. The van der Waals surface area contributed by atoms with Crippen LogP contribution in [-0.4, -0.2) is 53.6 Å². The van der Waals surface area contributed by atoms with Crippen molar-refractivity contribution in [1.82, 2.24) is 15.5 Å². The van der Waals surface area contributed by atoms with E-state index in [4.69, 9.17) is 0 Å². The van der Waals surface area contributed by atoms with Crippen LogP contribution in [0.25, 0.3) is 0 Å². The summed E-state index contributed by atoms with van der Waals surface area (Å²) in [5.74, 6) is 0.952. The average Bonchev–Trinajstić information content (AvgIpc) is 2.88. The van der Waals surface area contributed by atoms with Gasteiger partial charge in [0, 0.05) is 43.0 Å². The minimum atomic E-state index is 0.218. The summed E-state index contributed by atoms with van der Waals surface area (Å²) in [6.07, 6.45) is 7.27. The van der Waals surface area contributed by atoms with Crippen molar-refractivity contribution >= 4 is 17.7 Å². The summed E-state index contributed by atoms with van der Waals surface area (Å²) in [4.78, 5) is 7.18. The number of fused-ring (bicyclic) bond motifs is 2. The van der Waals surface area contributed by atoms with Crippen LogP contribution in [-0.2, 0) is 6.54 Å². The summed E-state index contributed by atoms with van der Waals surface area (Å²) >= 11 is 1.89. The van der Waals surface area contributed by atoms with Gasteiger partial charge in [-0.2, -0.15) is 11.8 Å². The first kappa shape index (κ1) is 19.6. The Labute approximate surface area is 163 Å². The first-order chi connectivity index (χ1) is 12.5. The van der Waals surface area contributed by atoms with Crippen LogP contribution in [0.4, 0.5) is 0 Å². The number of thioether (sulfide) groups is 1. The molecule has 0 saturated carbocycles. The smallest absolute Gasteiger partial charge is 0.191 e. The molecule has 0 aromatic heterocycles. The molecule has 2 unspecified atom stereocenters. The molecule has 0 aliphatic carbocycles. The fraction of sp³-hybridized carbons (Fsp3) is 0.667. The van der Waals surface area contributed by atoms with E-state index >= 15 is 0 Å². The second-order valence-corrected chi connectivity index (χ2v) is 9.76. The molecule has 0 spiro atoms. The van der Waals surface area contributed by atoms with Crippen molar-refractivity contribution in [2.24, 2.45) is 4.99 Å². The molecule has 4 nitrogen and oxygen atoms in total. The van der Waals surface area contributed by atoms with Gasteiger partial charge >= 0.3 is 0 Å². The monoisotopic (exact) mass is 374 g/mol. The zero-order valence-corrected chi connectivity index (χ0v) is 17.5. The van der Waals surface area contributed by atoms with Crippen molar-refractivity contribution in [3.05, 3.63) is 35.9 Å². The van der Waals surface area contributed by atoms with Crippen molar-refractivity contribution in [2.75, 3.05) is 19.8 Å². The molecular weight excluding hydrogens is 340 g/mol. The van der Waals surface area contributed by atoms with E-state index < -0.39 is 0 Å². The van der Waals surface area contributed by atoms with Gasteiger partial charge in [0.05, 0.1) is 0 Å². The first-order valence-corrected chi connectivity index (χ1v) is 11.1. The zero-order chi connectivity index (χ0) is 18.6. The molecule has 5 heteroatoms. The second kappa shape index (κ2) is 8.66. The van der Waals surface area contributed by atoms with Crippen LogP contribution in [0.5, 0.6) is 0 Å². The molecule has 3 rings (SSSR count). The summed E-state index contributed by atoms with van der Waals surface area (Å²) in [5.41, 5.74) is 1.44. The molecule has 0 amide bonds. The van der Waals surface area contributed by atoms with Crippen LogP contribution >= 0.6 is 11.8 Å². The Hall–Kier alpha value is -1.20. The van der Waals surface area contributed by atoms with Crippen LogP contribution in [0.2, 0.25) is 0 Å². The van der Waals surface area contributed by atoms with Gasteiger partial charge in [-0.25, -0.2) is 0 Å². The molecule has 26 heavy (non-hydrogen) atoms. The van der Waals surface area contributed by atoms with Crippen molar-refractivity contribution in [3.8, 4) is 0 Å². The lowest BCUT2D eigenvalue weighted by atomic mass is 9.96. The Morgan fingerprint density at radius 3 is 2.42 bits per heavy atom. The standard InChI is InChI=1S/C21H34N4S/c1-21(2,26-4)15-23-20(22-3)24-17-12-18-10-11-19(13-17)25(18)14-16-8-6-5-7-9-16/h5-9,17-19H,10-15H2,1-4H3,(H2,22,23,24). The quantitative estimate of drug-likeness (QED) is 0.591. The topological polar surface area (TPSA) is 39.7 Å². The fourth-order valence-corrected chi connectivity index (χ4v) is 4.42. The minimum Gasteiger partial charge on any atom is -0.355 e. The highest BCUT2D eigenvalue weighted by atomic mass is 32.2. The molecule has 2 bridgehead atoms. The van der Waals surface area contributed by atoms with Crippen LogP contribution < -0.4 is 10.6 Å². The molecule has 144 valence electrons. The van der Waals surface area contributed by atoms with Crippen LogP contribution in [0.15, 0.2) is 35.3 Å². The average molecular weight is 375 g/mol. The third-order valence-electron chi connectivity index (χ3n) is 5.89. The summed E-state index contributed by atoms with van der Waals surface area (Å²) in [5, 5.41) is 7.20. The van der Waals surface area contributed by atoms with E-state index in [1.165, 1.54) is 31.2 Å². The number of benzene rings is 1. The molecule has 2 fully saturated rings. The Morgan fingerprint density at radius 2 is 1.85 bits per heavy atom. The number of piperidine rings is 1. The van der Waals surface area contributed by atoms with E-state index in [0.29, 0.717) is 18.1 Å². The molecule has 2 heterocycles. The van der Waals surface area contributed by atoms with E-state index in [-0.39, 0.29) is 4.75 Å². The number of aliphatic imine (C=N–C) groups is 1. The fourth-order valence-electron chi connectivity index (χ4n) is 4.20. The van der Waals surface area contributed by atoms with Gasteiger partial charge in [0.2, 0.25) is 0 Å². The van der Waals surface area contributed by atoms with Gasteiger partial charge in [-0.15, -0.1) is 0 Å². The maximum atomic E-state index is 4.45. The Bertz CT molecular complexity index is 587. The van der Waals surface area contributed by atoms with E-state index in [0.717, 1.165) is 19.0 Å². The van der Waals surface area contributed by atoms with Gasteiger partial charge in [0.25, 0.3) is 0 Å². The lowest BCUT2D eigenvalue weighted by Gasteiger charge is -2.39. The summed E-state index contributed by atoms with van der Waals surface area (Å²) in [6.45, 7) is 6.55. The maximum Gasteiger partial charge on any atom is 0.191 e. The van der Waals surface area contributed by atoms with Crippen LogP contribution in [0.1, 0.15) is 45.1 Å². The number of nitrogens with one attached hydrogen (secondary N) is 2. The number of rotatable bonds is 6. The van der Waals surface area contributed by atoms with Gasteiger partial charge in [0.1, 0.15) is 0 Å². The molecule has 0 radical (unpaired) electrons. The Morgan fingerprint density at radius 1 is 1.19 bits per heavy atom. The van der Waals surface area contributed by atoms with Gasteiger partial charge < -0.3 is 10.6 Å². The van der Waals surface area contributed by atoms with E-state index in [1.54, 1.807) is 0 Å². The van der Waals surface area contributed by atoms with Crippen molar-refractivity contribution < 1.29 is 0 Å². The third kappa shape index (κ3) is 4.95. The molecule has 2 atom stereocenters. The van der Waals surface area contributed by atoms with Crippen molar-refractivity contribution in [3.63, 3.8) is 0 Å². The van der Waals surface area contributed by atoms with Gasteiger partial charge in [0.15, 0.2) is 5.96 Å². The number of guanidine groups is 1. The zero-order valence-electron chi connectivity index (χ0n) is 16.7. The van der Waals surface area contributed by atoms with Crippen molar-refractivity contribution in [1.29, 1.82) is 0 Å². The molecule has 1 aromatic carbocycles. The number of hydrogen-bond acceptors (Lipinski definition) is 3. The van der Waals surface area contributed by atoms with Crippen LogP contribution in [0, 0.1) is 0 Å². The predicted octanol–water partition coefficient (Wildman–Crippen LogP) is 3.49. The van der Waals surface area contributed by atoms with Gasteiger partial charge in [-0.3, -0.25) is 9.89 Å². The number of nitrogens with zero attached hydrogens (tertiary/aromatic N) is 2. The second-order valence-electron chi connectivity index (χ2n) is 8.25. The molecule has 2 saturated heterocycles. The van der Waals surface area contributed by atoms with Gasteiger partial charge in [-0.05, 0) is 51.3 Å². The summed E-state index contributed by atoms with van der Waals surface area (Å²) in [6, 6.07) is 12.8. The predicted molar refractivity (Wildman–Crippen MR) is 114 cm³/mol. The summed E-state index contributed by atoms with van der Waals surface area (Å²) < 4.78 is 0.218. The molecule has 2 aliphatic heterocycles. The SMILES string of the molecule is CN=C(NCC(C)(C)SC)NC1CC2CCC(C1)N2Cc1ccccc1. The van der Waals surface area contributed by atoms with Crippen molar-refractivity contribution in [2.45, 2.75) is 68.9 Å². The summed E-state index contributed by atoms with van der Waals surface area (Å²) in [7, 11) is 1.88. The van der Waals surface area contributed by atoms with E-state index in [9.17, 15) is 0 Å².